The monoisotopic (exact) mass is 378 g/mol. The highest BCUT2D eigenvalue weighted by molar-refractivity contribution is 5.98. The molecule has 1 amide bonds. The van der Waals surface area contributed by atoms with E-state index in [1.54, 1.807) is 0 Å². The molecule has 1 atom stereocenters. The summed E-state index contributed by atoms with van der Waals surface area (Å²) in [4.78, 5) is 27.2. The van der Waals surface area contributed by atoms with E-state index in [1.165, 1.54) is 5.56 Å². The molecule has 2 fully saturated rings. The van der Waals surface area contributed by atoms with Crippen molar-refractivity contribution in [3.8, 4) is 0 Å². The van der Waals surface area contributed by atoms with Gasteiger partial charge in [-0.25, -0.2) is 0 Å². The number of halogens is 1. The molecule has 0 aromatic heterocycles. The van der Waals surface area contributed by atoms with Crippen LogP contribution >= 0.6 is 12.4 Å². The van der Waals surface area contributed by atoms with Gasteiger partial charge in [-0.3, -0.25) is 9.59 Å². The smallest absolute Gasteiger partial charge is 0.227 e. The highest BCUT2D eigenvalue weighted by Crippen LogP contribution is 2.24. The summed E-state index contributed by atoms with van der Waals surface area (Å²) < 4.78 is 0. The molecule has 2 aliphatic heterocycles. The van der Waals surface area contributed by atoms with Gasteiger partial charge in [0.1, 0.15) is 0 Å². The molecule has 1 aromatic carbocycles. The third-order valence-corrected chi connectivity index (χ3v) is 5.47. The Bertz CT molecular complexity index is 601. The van der Waals surface area contributed by atoms with Crippen LogP contribution in [-0.2, 0) is 11.2 Å². The van der Waals surface area contributed by atoms with Crippen LogP contribution in [0.1, 0.15) is 49.0 Å². The molecule has 0 saturated carbocycles. The van der Waals surface area contributed by atoms with E-state index in [1.807, 2.05) is 17.0 Å². The van der Waals surface area contributed by atoms with E-state index in [0.29, 0.717) is 5.92 Å². The van der Waals surface area contributed by atoms with Crippen molar-refractivity contribution in [1.82, 2.24) is 10.2 Å². The van der Waals surface area contributed by atoms with Gasteiger partial charge in [0.2, 0.25) is 5.91 Å². The van der Waals surface area contributed by atoms with E-state index in [0.717, 1.165) is 57.4 Å². The first-order valence-corrected chi connectivity index (χ1v) is 9.67. The third-order valence-electron chi connectivity index (χ3n) is 5.47. The van der Waals surface area contributed by atoms with Crippen molar-refractivity contribution in [3.63, 3.8) is 0 Å². The number of amides is 1. The summed E-state index contributed by atoms with van der Waals surface area (Å²) in [6.45, 7) is 7.60. The average molecular weight is 379 g/mol. The number of rotatable bonds is 5. The highest BCUT2D eigenvalue weighted by atomic mass is 35.5. The van der Waals surface area contributed by atoms with Gasteiger partial charge in [0, 0.05) is 31.1 Å². The standard InChI is InChI=1S/C21H30N2O2.ClH/c1-15(2)13-16-3-5-17(6-4-16)20(24)18-8-11-23(12-9-18)21(25)19-7-10-22-14-19;/h3-6,15,18-19,22H,7-14H2,1-2H3;1H. The summed E-state index contributed by atoms with van der Waals surface area (Å²) >= 11 is 0. The van der Waals surface area contributed by atoms with Gasteiger partial charge in [-0.15, -0.1) is 12.4 Å². The predicted octanol–water partition coefficient (Wildman–Crippen LogP) is 3.34. The van der Waals surface area contributed by atoms with Crippen molar-refractivity contribution in [2.24, 2.45) is 17.8 Å². The fraction of sp³-hybridized carbons (Fsp3) is 0.619. The summed E-state index contributed by atoms with van der Waals surface area (Å²) in [5.41, 5.74) is 2.11. The lowest BCUT2D eigenvalue weighted by molar-refractivity contribution is -0.136. The number of benzene rings is 1. The Kier molecular flexibility index (Phi) is 7.66. The van der Waals surface area contributed by atoms with Gasteiger partial charge >= 0.3 is 0 Å². The Hall–Kier alpha value is -1.39. The number of Topliss-reactive ketones (excluding diaryl/α,β-unsaturated/α-hetero) is 1. The molecular weight excluding hydrogens is 348 g/mol. The molecule has 1 unspecified atom stereocenters. The first-order valence-electron chi connectivity index (χ1n) is 9.67. The molecule has 26 heavy (non-hydrogen) atoms. The SMILES string of the molecule is CC(C)Cc1ccc(C(=O)C2CCN(C(=O)C3CCNC3)CC2)cc1.Cl. The number of carbonyl (C=O) groups is 2. The first-order chi connectivity index (χ1) is 12.0. The summed E-state index contributed by atoms with van der Waals surface area (Å²) in [5, 5.41) is 3.26. The molecule has 2 saturated heterocycles. The van der Waals surface area contributed by atoms with Gasteiger partial charge in [0.05, 0.1) is 5.92 Å². The predicted molar refractivity (Wildman–Crippen MR) is 107 cm³/mol. The van der Waals surface area contributed by atoms with Crippen molar-refractivity contribution in [3.05, 3.63) is 35.4 Å². The Morgan fingerprint density at radius 3 is 2.27 bits per heavy atom. The number of ketones is 1. The second kappa shape index (κ2) is 9.52. The number of piperidine rings is 1. The molecule has 5 heteroatoms. The first kappa shape index (κ1) is 20.9. The van der Waals surface area contributed by atoms with Crippen LogP contribution in [0, 0.1) is 17.8 Å². The van der Waals surface area contributed by atoms with Crippen LogP contribution in [-0.4, -0.2) is 42.8 Å². The lowest BCUT2D eigenvalue weighted by Gasteiger charge is -2.33. The Morgan fingerprint density at radius 2 is 1.73 bits per heavy atom. The molecule has 2 heterocycles. The van der Waals surface area contributed by atoms with E-state index in [-0.39, 0.29) is 35.9 Å². The summed E-state index contributed by atoms with van der Waals surface area (Å²) in [6, 6.07) is 8.11. The molecule has 1 N–H and O–H groups in total. The van der Waals surface area contributed by atoms with Gasteiger partial charge in [-0.05, 0) is 43.7 Å². The second-order valence-electron chi connectivity index (χ2n) is 7.95. The maximum absolute atomic E-state index is 12.8. The van der Waals surface area contributed by atoms with Crippen molar-refractivity contribution in [2.75, 3.05) is 26.2 Å². The number of likely N-dealkylation sites (tertiary alicyclic amines) is 1. The Morgan fingerprint density at radius 1 is 1.08 bits per heavy atom. The Labute approximate surface area is 163 Å². The summed E-state index contributed by atoms with van der Waals surface area (Å²) in [5.74, 6) is 1.33. The number of nitrogens with one attached hydrogen (secondary N) is 1. The topological polar surface area (TPSA) is 49.4 Å². The van der Waals surface area contributed by atoms with E-state index in [4.69, 9.17) is 0 Å². The normalized spacial score (nSPS) is 20.9. The van der Waals surface area contributed by atoms with Crippen LogP contribution < -0.4 is 5.32 Å². The van der Waals surface area contributed by atoms with Crippen molar-refractivity contribution >= 4 is 24.1 Å². The minimum absolute atomic E-state index is 0. The van der Waals surface area contributed by atoms with Gasteiger partial charge in [-0.2, -0.15) is 0 Å². The Balaban J connectivity index is 0.00000243. The van der Waals surface area contributed by atoms with Crippen LogP contribution in [0.5, 0.6) is 0 Å². The lowest BCUT2D eigenvalue weighted by atomic mass is 9.88. The summed E-state index contributed by atoms with van der Waals surface area (Å²) in [6.07, 6.45) is 3.57. The minimum Gasteiger partial charge on any atom is -0.342 e. The van der Waals surface area contributed by atoms with E-state index < -0.39 is 0 Å². The van der Waals surface area contributed by atoms with Crippen molar-refractivity contribution < 1.29 is 9.59 Å². The molecule has 4 nitrogen and oxygen atoms in total. The molecule has 1 aromatic rings. The maximum Gasteiger partial charge on any atom is 0.227 e. The lowest BCUT2D eigenvalue weighted by Crippen LogP contribution is -2.43. The largest absolute Gasteiger partial charge is 0.342 e. The zero-order chi connectivity index (χ0) is 17.8. The van der Waals surface area contributed by atoms with Gasteiger partial charge < -0.3 is 10.2 Å². The molecule has 0 bridgehead atoms. The molecule has 144 valence electrons. The number of carbonyl (C=O) groups excluding carboxylic acids is 2. The molecule has 0 spiro atoms. The molecule has 2 aliphatic rings. The van der Waals surface area contributed by atoms with E-state index in [9.17, 15) is 9.59 Å². The fourth-order valence-corrected chi connectivity index (χ4v) is 4.00. The molecule has 3 rings (SSSR count). The van der Waals surface area contributed by atoms with Crippen LogP contribution in [0.25, 0.3) is 0 Å². The molecular formula is C21H31ClN2O2. The fourth-order valence-electron chi connectivity index (χ4n) is 4.00. The maximum atomic E-state index is 12.8. The second-order valence-corrected chi connectivity index (χ2v) is 7.95. The third kappa shape index (κ3) is 5.08. The van der Waals surface area contributed by atoms with E-state index in [2.05, 4.69) is 31.3 Å². The quantitative estimate of drug-likeness (QED) is 0.799. The van der Waals surface area contributed by atoms with Crippen LogP contribution in [0.2, 0.25) is 0 Å². The average Bonchev–Trinajstić information content (AvgIpc) is 3.15. The zero-order valence-corrected chi connectivity index (χ0v) is 16.7. The van der Waals surface area contributed by atoms with E-state index >= 15 is 0 Å². The van der Waals surface area contributed by atoms with Gasteiger partial charge in [0.15, 0.2) is 5.78 Å². The summed E-state index contributed by atoms with van der Waals surface area (Å²) in [7, 11) is 0. The van der Waals surface area contributed by atoms with Crippen molar-refractivity contribution in [1.29, 1.82) is 0 Å². The number of nitrogens with zero attached hydrogens (tertiary/aromatic N) is 1. The van der Waals surface area contributed by atoms with Crippen molar-refractivity contribution in [2.45, 2.75) is 39.5 Å². The molecule has 0 radical (unpaired) electrons. The van der Waals surface area contributed by atoms with Gasteiger partial charge in [-0.1, -0.05) is 38.1 Å². The van der Waals surface area contributed by atoms with Crippen LogP contribution in [0.3, 0.4) is 0 Å². The van der Waals surface area contributed by atoms with Crippen LogP contribution in [0.15, 0.2) is 24.3 Å². The number of hydrogen-bond acceptors (Lipinski definition) is 3. The van der Waals surface area contributed by atoms with Crippen LogP contribution in [0.4, 0.5) is 0 Å². The molecule has 0 aliphatic carbocycles. The van der Waals surface area contributed by atoms with Gasteiger partial charge in [0.25, 0.3) is 0 Å². The number of hydrogen-bond donors (Lipinski definition) is 1. The zero-order valence-electron chi connectivity index (χ0n) is 15.9. The minimum atomic E-state index is 0. The highest BCUT2D eigenvalue weighted by Gasteiger charge is 2.32.